The quantitative estimate of drug-likeness (QED) is 0.739. The molecule has 0 N–H and O–H groups in total. The Hall–Kier alpha value is -1.48. The first-order valence-electron chi connectivity index (χ1n) is 5.29. The van der Waals surface area contributed by atoms with E-state index in [0.717, 1.165) is 10.7 Å². The van der Waals surface area contributed by atoms with Crippen LogP contribution in [0, 0.1) is 18.3 Å². The minimum Gasteiger partial charge on any atom is -0.344 e. The number of amides is 1. The molecule has 17 heavy (non-hydrogen) atoms. The van der Waals surface area contributed by atoms with Crippen molar-refractivity contribution in [1.82, 2.24) is 14.7 Å². The Morgan fingerprint density at radius 1 is 1.71 bits per heavy atom. The molecule has 1 amide bonds. The first-order valence-corrected chi connectivity index (χ1v) is 6.27. The lowest BCUT2D eigenvalue weighted by Gasteiger charge is -2.14. The van der Waals surface area contributed by atoms with Gasteiger partial charge in [-0.05, 0) is 13.0 Å². The minimum absolute atomic E-state index is 0.0316. The zero-order valence-corrected chi connectivity index (χ0v) is 11.1. The van der Waals surface area contributed by atoms with Crippen molar-refractivity contribution in [2.24, 2.45) is 7.05 Å². The van der Waals surface area contributed by atoms with E-state index in [1.165, 1.54) is 11.8 Å². The summed E-state index contributed by atoms with van der Waals surface area (Å²) in [5.41, 5.74) is 0.945. The fourth-order valence-corrected chi connectivity index (χ4v) is 2.28. The van der Waals surface area contributed by atoms with Gasteiger partial charge in [0, 0.05) is 20.6 Å². The average molecular weight is 252 g/mol. The molecule has 6 heteroatoms. The highest BCUT2D eigenvalue weighted by molar-refractivity contribution is 7.99. The Morgan fingerprint density at radius 2 is 2.41 bits per heavy atom. The molecule has 0 spiro atoms. The molecule has 0 aromatic carbocycles. The van der Waals surface area contributed by atoms with Crippen molar-refractivity contribution in [3.8, 4) is 6.07 Å². The number of hydrogen-bond donors (Lipinski definition) is 0. The van der Waals surface area contributed by atoms with Crippen LogP contribution in [0.5, 0.6) is 0 Å². The van der Waals surface area contributed by atoms with Gasteiger partial charge in [-0.3, -0.25) is 9.48 Å². The summed E-state index contributed by atoms with van der Waals surface area (Å²) < 4.78 is 1.77. The molecule has 1 heterocycles. The van der Waals surface area contributed by atoms with Crippen molar-refractivity contribution in [2.45, 2.75) is 18.4 Å². The van der Waals surface area contributed by atoms with E-state index in [1.54, 1.807) is 16.6 Å². The van der Waals surface area contributed by atoms with Gasteiger partial charge in [-0.2, -0.15) is 10.4 Å². The molecule has 5 nitrogen and oxygen atoms in total. The van der Waals surface area contributed by atoms with Gasteiger partial charge in [0.05, 0.1) is 29.0 Å². The number of hydrogen-bond acceptors (Lipinski definition) is 4. The molecular formula is C11H16N4OS. The number of nitrogens with zero attached hydrogens (tertiary/aromatic N) is 4. The zero-order chi connectivity index (χ0) is 12.8. The molecule has 1 aromatic rings. The van der Waals surface area contributed by atoms with Crippen LogP contribution in [0.3, 0.4) is 0 Å². The van der Waals surface area contributed by atoms with Crippen molar-refractivity contribution in [3.05, 3.63) is 11.8 Å². The van der Waals surface area contributed by atoms with E-state index in [2.05, 4.69) is 5.10 Å². The topological polar surface area (TPSA) is 61.9 Å². The fourth-order valence-electron chi connectivity index (χ4n) is 1.31. The third-order valence-corrected chi connectivity index (χ3v) is 3.36. The highest BCUT2D eigenvalue weighted by Gasteiger charge is 2.10. The van der Waals surface area contributed by atoms with Gasteiger partial charge < -0.3 is 4.90 Å². The number of nitriles is 1. The third-order valence-electron chi connectivity index (χ3n) is 2.29. The van der Waals surface area contributed by atoms with Crippen LogP contribution in [0.1, 0.15) is 12.1 Å². The van der Waals surface area contributed by atoms with Crippen LogP contribution in [0.2, 0.25) is 0 Å². The molecule has 0 saturated carbocycles. The van der Waals surface area contributed by atoms with Gasteiger partial charge >= 0.3 is 0 Å². The van der Waals surface area contributed by atoms with E-state index < -0.39 is 0 Å². The van der Waals surface area contributed by atoms with Gasteiger partial charge in [-0.15, -0.1) is 0 Å². The predicted octanol–water partition coefficient (Wildman–Crippen LogP) is 1.19. The van der Waals surface area contributed by atoms with Crippen LogP contribution in [-0.2, 0) is 11.8 Å². The number of rotatable bonds is 5. The molecule has 1 aromatic heterocycles. The standard InChI is InChI=1S/C11H16N4OS/c1-9-7-11(15(3)13-9)17-8-10(16)14(2)6-4-5-12/h7H,4,6,8H2,1-3H3. The van der Waals surface area contributed by atoms with Crippen molar-refractivity contribution in [1.29, 1.82) is 5.26 Å². The largest absolute Gasteiger partial charge is 0.344 e. The molecule has 0 fully saturated rings. The van der Waals surface area contributed by atoms with Crippen molar-refractivity contribution in [3.63, 3.8) is 0 Å². The molecular weight excluding hydrogens is 236 g/mol. The summed E-state index contributed by atoms with van der Waals surface area (Å²) in [4.78, 5) is 13.3. The molecule has 0 aliphatic carbocycles. The van der Waals surface area contributed by atoms with Gasteiger partial charge in [0.15, 0.2) is 0 Å². The smallest absolute Gasteiger partial charge is 0.232 e. The summed E-state index contributed by atoms with van der Waals surface area (Å²) >= 11 is 1.46. The van der Waals surface area contributed by atoms with Crippen molar-refractivity contribution >= 4 is 17.7 Å². The van der Waals surface area contributed by atoms with E-state index in [1.807, 2.05) is 26.1 Å². The maximum absolute atomic E-state index is 11.7. The maximum atomic E-state index is 11.7. The highest BCUT2D eigenvalue weighted by Crippen LogP contribution is 2.18. The second-order valence-corrected chi connectivity index (χ2v) is 4.76. The number of carbonyl (C=O) groups excluding carboxylic acids is 1. The van der Waals surface area contributed by atoms with E-state index in [-0.39, 0.29) is 5.91 Å². The molecule has 0 aliphatic heterocycles. The number of carbonyl (C=O) groups is 1. The average Bonchev–Trinajstić information content (AvgIpc) is 2.61. The summed E-state index contributed by atoms with van der Waals surface area (Å²) in [6.45, 7) is 2.41. The minimum atomic E-state index is 0.0316. The number of aromatic nitrogens is 2. The van der Waals surface area contributed by atoms with Gasteiger partial charge in [-0.25, -0.2) is 0 Å². The van der Waals surface area contributed by atoms with Gasteiger partial charge in [0.25, 0.3) is 0 Å². The molecule has 0 saturated heterocycles. The Morgan fingerprint density at radius 3 is 2.94 bits per heavy atom. The van der Waals surface area contributed by atoms with E-state index in [9.17, 15) is 4.79 Å². The monoisotopic (exact) mass is 252 g/mol. The summed E-state index contributed by atoms with van der Waals surface area (Å²) in [5.74, 6) is 0.407. The normalized spacial score (nSPS) is 10.0. The molecule has 1 rings (SSSR count). The van der Waals surface area contributed by atoms with Crippen molar-refractivity contribution in [2.75, 3.05) is 19.3 Å². The molecule has 0 radical (unpaired) electrons. The fraction of sp³-hybridized carbons (Fsp3) is 0.545. The summed E-state index contributed by atoms with van der Waals surface area (Å²) in [7, 11) is 3.58. The summed E-state index contributed by atoms with van der Waals surface area (Å²) in [6, 6.07) is 3.98. The van der Waals surface area contributed by atoms with E-state index >= 15 is 0 Å². The first kappa shape index (κ1) is 13.6. The predicted molar refractivity (Wildman–Crippen MR) is 66.5 cm³/mol. The van der Waals surface area contributed by atoms with Gasteiger partial charge in [0.2, 0.25) is 5.91 Å². The van der Waals surface area contributed by atoms with E-state index in [0.29, 0.717) is 18.7 Å². The third kappa shape index (κ3) is 4.11. The lowest BCUT2D eigenvalue weighted by Crippen LogP contribution is -2.29. The lowest BCUT2D eigenvalue weighted by atomic mass is 10.4. The van der Waals surface area contributed by atoms with Gasteiger partial charge in [0.1, 0.15) is 0 Å². The molecule has 0 unspecified atom stereocenters. The molecule has 0 aliphatic rings. The Balaban J connectivity index is 2.43. The van der Waals surface area contributed by atoms with Crippen LogP contribution >= 0.6 is 11.8 Å². The van der Waals surface area contributed by atoms with E-state index in [4.69, 9.17) is 5.26 Å². The lowest BCUT2D eigenvalue weighted by molar-refractivity contribution is -0.127. The van der Waals surface area contributed by atoms with Crippen LogP contribution < -0.4 is 0 Å². The molecule has 92 valence electrons. The van der Waals surface area contributed by atoms with Crippen molar-refractivity contribution < 1.29 is 4.79 Å². The molecule has 0 bridgehead atoms. The molecule has 0 atom stereocenters. The summed E-state index contributed by atoms with van der Waals surface area (Å²) in [5, 5.41) is 13.6. The second-order valence-electron chi connectivity index (χ2n) is 3.76. The Bertz CT molecular complexity index is 435. The number of aryl methyl sites for hydroxylation is 2. The first-order chi connectivity index (χ1) is 8.04. The Kier molecular flexibility index (Phi) is 5.04. The Labute approximate surface area is 105 Å². The highest BCUT2D eigenvalue weighted by atomic mass is 32.2. The van der Waals surface area contributed by atoms with Crippen LogP contribution in [-0.4, -0.2) is 39.9 Å². The van der Waals surface area contributed by atoms with Crippen LogP contribution in [0.4, 0.5) is 0 Å². The summed E-state index contributed by atoms with van der Waals surface area (Å²) in [6.07, 6.45) is 0.373. The van der Waals surface area contributed by atoms with Crippen LogP contribution in [0.25, 0.3) is 0 Å². The SMILES string of the molecule is Cc1cc(SCC(=O)N(C)CCC#N)n(C)n1. The van der Waals surface area contributed by atoms with Crippen LogP contribution in [0.15, 0.2) is 11.1 Å². The van der Waals surface area contributed by atoms with Gasteiger partial charge in [-0.1, -0.05) is 11.8 Å². The second kappa shape index (κ2) is 6.30. The maximum Gasteiger partial charge on any atom is 0.232 e. The number of thioether (sulfide) groups is 1. The zero-order valence-electron chi connectivity index (χ0n) is 10.3.